The van der Waals surface area contributed by atoms with Gasteiger partial charge in [0.1, 0.15) is 30.5 Å². The molecule has 0 fully saturated rings. The molecule has 3 rings (SSSR count). The number of rotatable bonds is 5. The Labute approximate surface area is 150 Å². The second-order valence-corrected chi connectivity index (χ2v) is 5.66. The molecule has 0 bridgehead atoms. The molecule has 136 valence electrons. The molecule has 2 aromatic rings. The van der Waals surface area contributed by atoms with Crippen LogP contribution in [0.1, 0.15) is 12.0 Å². The number of hydrogen-bond donors (Lipinski definition) is 0. The Hall–Kier alpha value is -3.09. The van der Waals surface area contributed by atoms with Crippen LogP contribution < -0.4 is 14.4 Å². The molecule has 0 atom stereocenters. The lowest BCUT2D eigenvalue weighted by Gasteiger charge is -2.21. The third-order valence-electron chi connectivity index (χ3n) is 3.95. The van der Waals surface area contributed by atoms with E-state index in [0.29, 0.717) is 22.7 Å². The molecule has 1 amide bonds. The minimum absolute atomic E-state index is 0.153. The summed E-state index contributed by atoms with van der Waals surface area (Å²) in [6, 6.07) is 11.0. The second kappa shape index (κ2) is 7.86. The summed E-state index contributed by atoms with van der Waals surface area (Å²) in [7, 11) is 1.45. The van der Waals surface area contributed by atoms with Gasteiger partial charge < -0.3 is 14.2 Å². The molecule has 0 aromatic heterocycles. The van der Waals surface area contributed by atoms with E-state index < -0.39 is 11.8 Å². The van der Waals surface area contributed by atoms with Gasteiger partial charge in [-0.3, -0.25) is 14.5 Å². The Morgan fingerprint density at radius 1 is 1.27 bits per heavy atom. The van der Waals surface area contributed by atoms with Crippen LogP contribution in [0.15, 0.2) is 42.5 Å². The molecule has 7 heteroatoms. The summed E-state index contributed by atoms with van der Waals surface area (Å²) in [4.78, 5) is 25.9. The first kappa shape index (κ1) is 17.7. The van der Waals surface area contributed by atoms with Gasteiger partial charge in [0.2, 0.25) is 5.91 Å². The summed E-state index contributed by atoms with van der Waals surface area (Å²) in [5, 5.41) is 0. The predicted molar refractivity (Wildman–Crippen MR) is 91.7 cm³/mol. The van der Waals surface area contributed by atoms with Crippen LogP contribution in [0.2, 0.25) is 0 Å². The molecule has 2 aromatic carbocycles. The van der Waals surface area contributed by atoms with Gasteiger partial charge in [0.25, 0.3) is 0 Å². The number of fused-ring (bicyclic) bond motifs is 1. The third kappa shape index (κ3) is 3.93. The van der Waals surface area contributed by atoms with Crippen LogP contribution in [0.4, 0.5) is 10.1 Å². The number of para-hydroxylation sites is 2. The first-order chi connectivity index (χ1) is 12.6. The molecular weight excluding hydrogens is 341 g/mol. The molecule has 1 aliphatic rings. The summed E-state index contributed by atoms with van der Waals surface area (Å²) < 4.78 is 29.2. The molecule has 26 heavy (non-hydrogen) atoms. The molecule has 0 N–H and O–H groups in total. The van der Waals surface area contributed by atoms with Crippen LogP contribution in [0, 0.1) is 5.82 Å². The van der Waals surface area contributed by atoms with Gasteiger partial charge in [-0.25, -0.2) is 4.39 Å². The van der Waals surface area contributed by atoms with Crippen LogP contribution in [0.5, 0.6) is 11.5 Å². The fourth-order valence-electron chi connectivity index (χ4n) is 2.69. The zero-order chi connectivity index (χ0) is 18.5. The molecule has 1 aliphatic heterocycles. The Kier molecular flexibility index (Phi) is 5.36. The van der Waals surface area contributed by atoms with Crippen LogP contribution in [-0.4, -0.2) is 32.1 Å². The van der Waals surface area contributed by atoms with Crippen molar-refractivity contribution in [1.29, 1.82) is 0 Å². The SMILES string of the molecule is COc1ccc(F)cc1COC(=O)CN1C(=O)CCOc2ccccc21. The van der Waals surface area contributed by atoms with Gasteiger partial charge in [-0.05, 0) is 30.3 Å². The highest BCUT2D eigenvalue weighted by Gasteiger charge is 2.25. The summed E-state index contributed by atoms with van der Waals surface area (Å²) >= 11 is 0. The fourth-order valence-corrected chi connectivity index (χ4v) is 2.69. The van der Waals surface area contributed by atoms with E-state index in [1.807, 2.05) is 0 Å². The number of ether oxygens (including phenoxy) is 3. The average Bonchev–Trinajstić information content (AvgIpc) is 2.79. The number of benzene rings is 2. The predicted octanol–water partition coefficient (Wildman–Crippen LogP) is 2.69. The number of anilines is 1. The van der Waals surface area contributed by atoms with E-state index in [1.165, 1.54) is 30.2 Å². The lowest BCUT2D eigenvalue weighted by molar-refractivity contribution is -0.144. The van der Waals surface area contributed by atoms with Gasteiger partial charge in [-0.15, -0.1) is 0 Å². The quantitative estimate of drug-likeness (QED) is 0.768. The van der Waals surface area contributed by atoms with Crippen molar-refractivity contribution in [2.75, 3.05) is 25.2 Å². The highest BCUT2D eigenvalue weighted by Crippen LogP contribution is 2.31. The van der Waals surface area contributed by atoms with Crippen molar-refractivity contribution >= 4 is 17.6 Å². The van der Waals surface area contributed by atoms with Crippen molar-refractivity contribution in [3.8, 4) is 11.5 Å². The minimum atomic E-state index is -0.610. The largest absolute Gasteiger partial charge is 0.496 e. The molecule has 0 unspecified atom stereocenters. The molecular formula is C19H18FNO5. The van der Waals surface area contributed by atoms with Gasteiger partial charge in [0.15, 0.2) is 0 Å². The first-order valence-electron chi connectivity index (χ1n) is 8.08. The van der Waals surface area contributed by atoms with Gasteiger partial charge in [-0.1, -0.05) is 12.1 Å². The number of carbonyl (C=O) groups excluding carboxylic acids is 2. The van der Waals surface area contributed by atoms with Crippen LogP contribution >= 0.6 is 0 Å². The van der Waals surface area contributed by atoms with E-state index in [2.05, 4.69) is 0 Å². The summed E-state index contributed by atoms with van der Waals surface area (Å²) in [5.41, 5.74) is 0.932. The number of carbonyl (C=O) groups is 2. The number of amides is 1. The number of nitrogens with zero attached hydrogens (tertiary/aromatic N) is 1. The fraction of sp³-hybridized carbons (Fsp3) is 0.263. The average molecular weight is 359 g/mol. The normalized spacial score (nSPS) is 13.5. The molecule has 0 saturated heterocycles. The van der Waals surface area contributed by atoms with Crippen molar-refractivity contribution in [3.63, 3.8) is 0 Å². The van der Waals surface area contributed by atoms with E-state index >= 15 is 0 Å². The smallest absolute Gasteiger partial charge is 0.326 e. The Balaban J connectivity index is 1.70. The van der Waals surface area contributed by atoms with Crippen molar-refractivity contribution in [3.05, 3.63) is 53.8 Å². The van der Waals surface area contributed by atoms with Crippen molar-refractivity contribution in [2.45, 2.75) is 13.0 Å². The van der Waals surface area contributed by atoms with Crippen molar-refractivity contribution in [1.82, 2.24) is 0 Å². The lowest BCUT2D eigenvalue weighted by Crippen LogP contribution is -2.36. The van der Waals surface area contributed by atoms with Crippen LogP contribution in [-0.2, 0) is 20.9 Å². The highest BCUT2D eigenvalue weighted by atomic mass is 19.1. The van der Waals surface area contributed by atoms with E-state index in [-0.39, 0.29) is 32.1 Å². The number of halogens is 1. The summed E-state index contributed by atoms with van der Waals surface area (Å²) in [6.45, 7) is -0.154. The van der Waals surface area contributed by atoms with Gasteiger partial charge >= 0.3 is 5.97 Å². The highest BCUT2D eigenvalue weighted by molar-refractivity contribution is 5.99. The second-order valence-electron chi connectivity index (χ2n) is 5.66. The van der Waals surface area contributed by atoms with Crippen molar-refractivity contribution in [2.24, 2.45) is 0 Å². The van der Waals surface area contributed by atoms with Gasteiger partial charge in [0.05, 0.1) is 25.8 Å². The number of hydrogen-bond acceptors (Lipinski definition) is 5. The topological polar surface area (TPSA) is 65.1 Å². The van der Waals surface area contributed by atoms with Gasteiger partial charge in [0, 0.05) is 5.56 Å². The number of esters is 1. The Bertz CT molecular complexity index is 823. The minimum Gasteiger partial charge on any atom is -0.496 e. The zero-order valence-corrected chi connectivity index (χ0v) is 14.2. The van der Waals surface area contributed by atoms with E-state index in [1.54, 1.807) is 24.3 Å². The molecule has 0 spiro atoms. The molecule has 0 aliphatic carbocycles. The van der Waals surface area contributed by atoms with E-state index in [9.17, 15) is 14.0 Å². The van der Waals surface area contributed by atoms with E-state index in [0.717, 1.165) is 0 Å². The standard InChI is InChI=1S/C19H18FNO5/c1-24-16-7-6-14(20)10-13(16)12-26-19(23)11-21-15-4-2-3-5-17(15)25-9-8-18(21)22/h2-7,10H,8-9,11-12H2,1H3. The molecule has 6 nitrogen and oxygen atoms in total. The van der Waals surface area contributed by atoms with Crippen LogP contribution in [0.3, 0.4) is 0 Å². The van der Waals surface area contributed by atoms with Crippen LogP contribution in [0.25, 0.3) is 0 Å². The molecule has 0 radical (unpaired) electrons. The lowest BCUT2D eigenvalue weighted by atomic mass is 10.2. The molecule has 0 saturated carbocycles. The first-order valence-corrected chi connectivity index (χ1v) is 8.08. The Morgan fingerprint density at radius 3 is 2.88 bits per heavy atom. The van der Waals surface area contributed by atoms with Gasteiger partial charge in [-0.2, -0.15) is 0 Å². The monoisotopic (exact) mass is 359 g/mol. The zero-order valence-electron chi connectivity index (χ0n) is 14.2. The number of methoxy groups -OCH3 is 1. The third-order valence-corrected chi connectivity index (χ3v) is 3.95. The summed E-state index contributed by atoms with van der Waals surface area (Å²) in [6.07, 6.45) is 0.166. The maximum Gasteiger partial charge on any atom is 0.326 e. The van der Waals surface area contributed by atoms with Crippen molar-refractivity contribution < 1.29 is 28.2 Å². The maximum absolute atomic E-state index is 13.4. The maximum atomic E-state index is 13.4. The Morgan fingerprint density at radius 2 is 2.08 bits per heavy atom. The van der Waals surface area contributed by atoms with E-state index in [4.69, 9.17) is 14.2 Å². The summed E-state index contributed by atoms with van der Waals surface area (Å²) in [5.74, 6) is -0.330. The molecule has 1 heterocycles.